The van der Waals surface area contributed by atoms with Crippen molar-refractivity contribution >= 4 is 38.4 Å². The summed E-state index contributed by atoms with van der Waals surface area (Å²) < 4.78 is 26.8. The lowest BCUT2D eigenvalue weighted by Gasteiger charge is -2.46. The molecule has 2 heterocycles. The number of carbonyl (C=O) groups excluding carboxylic acids is 1. The van der Waals surface area contributed by atoms with Crippen LogP contribution in [0.15, 0.2) is 53.7 Å². The second-order valence-corrected chi connectivity index (χ2v) is 10.1. The fraction of sp³-hybridized carbons (Fsp3) is 0.364. The molecule has 2 aliphatic heterocycles. The Hall–Kier alpha value is -2.91. The van der Waals surface area contributed by atoms with Gasteiger partial charge in [0.1, 0.15) is 5.70 Å². The van der Waals surface area contributed by atoms with Crippen LogP contribution in [0, 0.1) is 11.8 Å². The van der Waals surface area contributed by atoms with Crippen molar-refractivity contribution in [3.8, 4) is 0 Å². The maximum Gasteiger partial charge on any atom is 0.352 e. The van der Waals surface area contributed by atoms with Gasteiger partial charge in [-0.2, -0.15) is 0 Å². The molecule has 9 heteroatoms. The number of fused-ring (bicyclic) bond motifs is 2. The summed E-state index contributed by atoms with van der Waals surface area (Å²) in [5.74, 6) is -2.85. The highest BCUT2D eigenvalue weighted by Gasteiger charge is 2.60. The molecule has 4 rings (SSSR count). The summed E-state index contributed by atoms with van der Waals surface area (Å²) in [5.41, 5.74) is 0.610. The van der Waals surface area contributed by atoms with E-state index in [-0.39, 0.29) is 12.2 Å². The van der Waals surface area contributed by atoms with Crippen molar-refractivity contribution in [3.63, 3.8) is 0 Å². The summed E-state index contributed by atoms with van der Waals surface area (Å²) >= 11 is 0. The summed E-state index contributed by atoms with van der Waals surface area (Å²) in [5, 5.41) is 21.4. The Bertz CT molecular complexity index is 1210. The van der Waals surface area contributed by atoms with Gasteiger partial charge in [-0.15, -0.1) is 0 Å². The molecule has 1 fully saturated rings. The Morgan fingerprint density at radius 3 is 2.45 bits per heavy atom. The van der Waals surface area contributed by atoms with Crippen molar-refractivity contribution in [2.75, 3.05) is 17.1 Å². The maximum atomic E-state index is 12.8. The number of carboxylic acids is 1. The second-order valence-electron chi connectivity index (χ2n) is 8.20. The van der Waals surface area contributed by atoms with Gasteiger partial charge in [0.2, 0.25) is 15.9 Å². The minimum atomic E-state index is -3.77. The molecule has 1 saturated heterocycles. The van der Waals surface area contributed by atoms with Crippen LogP contribution in [0.5, 0.6) is 0 Å². The summed E-state index contributed by atoms with van der Waals surface area (Å²) in [7, 11) is -3.77. The zero-order valence-corrected chi connectivity index (χ0v) is 18.2. The molecule has 8 nitrogen and oxygen atoms in total. The quantitative estimate of drug-likeness (QED) is 0.657. The van der Waals surface area contributed by atoms with Crippen LogP contribution < -0.4 is 4.31 Å². The van der Waals surface area contributed by atoms with Gasteiger partial charge in [0, 0.05) is 11.3 Å². The van der Waals surface area contributed by atoms with Gasteiger partial charge < -0.3 is 15.1 Å². The smallest absolute Gasteiger partial charge is 0.352 e. The van der Waals surface area contributed by atoms with Gasteiger partial charge >= 0.3 is 5.97 Å². The normalized spacial score (nSPS) is 24.2. The molecule has 0 radical (unpaired) electrons. The van der Waals surface area contributed by atoms with E-state index >= 15 is 0 Å². The summed E-state index contributed by atoms with van der Waals surface area (Å²) in [4.78, 5) is 25.8. The van der Waals surface area contributed by atoms with Crippen LogP contribution in [-0.2, 0) is 19.6 Å². The molecule has 2 aromatic carbocycles. The zero-order chi connectivity index (χ0) is 22.7. The number of hydrogen-bond acceptors (Lipinski definition) is 5. The van der Waals surface area contributed by atoms with E-state index in [0.29, 0.717) is 11.3 Å². The van der Waals surface area contributed by atoms with E-state index in [4.69, 9.17) is 0 Å². The fourth-order valence-corrected chi connectivity index (χ4v) is 5.71. The molecule has 2 aromatic rings. The number of carbonyl (C=O) groups is 2. The summed E-state index contributed by atoms with van der Waals surface area (Å²) in [6.45, 7) is 3.08. The highest BCUT2D eigenvalue weighted by atomic mass is 32.2. The molecule has 1 amide bonds. The highest BCUT2D eigenvalue weighted by Crippen LogP contribution is 2.47. The third-order valence-corrected chi connectivity index (χ3v) is 7.39. The first-order valence-electron chi connectivity index (χ1n) is 9.97. The van der Waals surface area contributed by atoms with E-state index in [1.165, 1.54) is 16.1 Å². The van der Waals surface area contributed by atoms with Gasteiger partial charge in [0.25, 0.3) is 0 Å². The van der Waals surface area contributed by atoms with Gasteiger partial charge in [-0.3, -0.25) is 9.10 Å². The van der Waals surface area contributed by atoms with Gasteiger partial charge in [0.05, 0.1) is 36.6 Å². The first-order chi connectivity index (χ1) is 14.5. The number of amides is 1. The molecule has 0 spiro atoms. The molecule has 0 unspecified atom stereocenters. The number of benzene rings is 2. The number of carboxylic acid groups (broad SMARTS) is 1. The molecular formula is C22H24N2O6S. The predicted molar refractivity (Wildman–Crippen MR) is 116 cm³/mol. The highest BCUT2D eigenvalue weighted by molar-refractivity contribution is 7.92. The zero-order valence-electron chi connectivity index (χ0n) is 17.4. The molecule has 31 heavy (non-hydrogen) atoms. The monoisotopic (exact) mass is 444 g/mol. The standard InChI is InChI=1S/C22H24N2O6S/c1-12-16(20(22(27)28)24-19(12)18(13(2)25)21(24)26)11-23(31(3,29)30)17-10-6-8-14-7-4-5-9-15(14)17/h4-10,12-13,18-19,25H,11H2,1-3H3,(H,27,28)/t12-,13+,18+,19+/m0/s1. The molecule has 0 saturated carbocycles. The van der Waals surface area contributed by atoms with E-state index in [2.05, 4.69) is 0 Å². The molecule has 164 valence electrons. The predicted octanol–water partition coefficient (Wildman–Crippen LogP) is 1.80. The number of sulfonamides is 1. The van der Waals surface area contributed by atoms with E-state index in [1.807, 2.05) is 30.3 Å². The third kappa shape index (κ3) is 3.28. The van der Waals surface area contributed by atoms with E-state index in [1.54, 1.807) is 19.1 Å². The van der Waals surface area contributed by atoms with Gasteiger partial charge in [-0.25, -0.2) is 13.2 Å². The van der Waals surface area contributed by atoms with Crippen LogP contribution >= 0.6 is 0 Å². The summed E-state index contributed by atoms with van der Waals surface area (Å²) in [6, 6.07) is 12.2. The lowest BCUT2D eigenvalue weighted by atomic mass is 9.78. The van der Waals surface area contributed by atoms with Crippen LogP contribution in [0.1, 0.15) is 13.8 Å². The van der Waals surface area contributed by atoms with Crippen molar-refractivity contribution in [2.24, 2.45) is 11.8 Å². The minimum absolute atomic E-state index is 0.187. The Kier molecular flexibility index (Phi) is 5.06. The molecule has 0 aromatic heterocycles. The number of aliphatic carboxylic acids is 1. The lowest BCUT2D eigenvalue weighted by Crippen LogP contribution is -2.63. The molecule has 0 bridgehead atoms. The number of aliphatic hydroxyl groups is 1. The van der Waals surface area contributed by atoms with Gasteiger partial charge in [-0.1, -0.05) is 43.3 Å². The number of nitrogens with zero attached hydrogens (tertiary/aromatic N) is 2. The lowest BCUT2D eigenvalue weighted by molar-refractivity contribution is -0.163. The van der Waals surface area contributed by atoms with Gasteiger partial charge in [0.15, 0.2) is 0 Å². The third-order valence-electron chi connectivity index (χ3n) is 6.27. The number of hydrogen-bond donors (Lipinski definition) is 2. The molecule has 2 aliphatic rings. The van der Waals surface area contributed by atoms with Crippen molar-refractivity contribution in [1.82, 2.24) is 4.90 Å². The Balaban J connectivity index is 1.83. The number of rotatable bonds is 6. The number of aliphatic hydroxyl groups excluding tert-OH is 1. The topological polar surface area (TPSA) is 115 Å². The van der Waals surface area contributed by atoms with Crippen LogP contribution in [0.3, 0.4) is 0 Å². The average Bonchev–Trinajstić information content (AvgIpc) is 2.93. The Morgan fingerprint density at radius 1 is 1.19 bits per heavy atom. The van der Waals surface area contributed by atoms with Crippen molar-refractivity contribution in [3.05, 3.63) is 53.7 Å². The number of β-lactam (4-membered cyclic amide) rings is 1. The fourth-order valence-electron chi connectivity index (χ4n) is 4.81. The average molecular weight is 445 g/mol. The minimum Gasteiger partial charge on any atom is -0.477 e. The van der Waals surface area contributed by atoms with E-state index in [0.717, 1.165) is 17.0 Å². The molecule has 4 atom stereocenters. The molecule has 0 aliphatic carbocycles. The van der Waals surface area contributed by atoms with Crippen LogP contribution in [0.2, 0.25) is 0 Å². The SMILES string of the molecule is C[C@@H](O)[C@H]1C(=O)N2C(C(=O)O)=C(CN(c3cccc4ccccc34)S(C)(=O)=O)[C@H](C)[C@H]12. The van der Waals surface area contributed by atoms with Crippen molar-refractivity contribution in [2.45, 2.75) is 26.0 Å². The first-order valence-corrected chi connectivity index (χ1v) is 11.8. The van der Waals surface area contributed by atoms with Crippen molar-refractivity contribution < 1.29 is 28.2 Å². The second kappa shape index (κ2) is 7.35. The van der Waals surface area contributed by atoms with Crippen LogP contribution in [0.4, 0.5) is 5.69 Å². The Morgan fingerprint density at radius 2 is 1.84 bits per heavy atom. The largest absolute Gasteiger partial charge is 0.477 e. The van der Waals surface area contributed by atoms with Gasteiger partial charge in [-0.05, 0) is 23.9 Å². The van der Waals surface area contributed by atoms with Crippen molar-refractivity contribution in [1.29, 1.82) is 0 Å². The van der Waals surface area contributed by atoms with Crippen LogP contribution in [-0.4, -0.2) is 60.4 Å². The maximum absolute atomic E-state index is 12.8. The van der Waals surface area contributed by atoms with E-state index < -0.39 is 45.9 Å². The first kappa shape index (κ1) is 21.3. The Labute approximate surface area is 180 Å². The summed E-state index contributed by atoms with van der Waals surface area (Å²) in [6.07, 6.45) is 0.156. The van der Waals surface area contributed by atoms with Crippen LogP contribution in [0.25, 0.3) is 10.8 Å². The molecular weight excluding hydrogens is 420 g/mol. The molecule has 2 N–H and O–H groups in total. The van der Waals surface area contributed by atoms with E-state index in [9.17, 15) is 28.2 Å². The number of anilines is 1.